The first-order valence-corrected chi connectivity index (χ1v) is 6.73. The van der Waals surface area contributed by atoms with Crippen LogP contribution < -0.4 is 0 Å². The highest BCUT2D eigenvalue weighted by atomic mass is 35.5. The van der Waals surface area contributed by atoms with E-state index >= 15 is 0 Å². The molecule has 0 fully saturated rings. The van der Waals surface area contributed by atoms with E-state index in [0.717, 1.165) is 5.56 Å². The van der Waals surface area contributed by atoms with Crippen molar-refractivity contribution in [3.8, 4) is 5.69 Å². The Morgan fingerprint density at radius 1 is 1.30 bits per heavy atom. The van der Waals surface area contributed by atoms with E-state index < -0.39 is 5.97 Å². The van der Waals surface area contributed by atoms with Crippen molar-refractivity contribution in [1.82, 2.24) is 15.0 Å². The van der Waals surface area contributed by atoms with Gasteiger partial charge in [-0.1, -0.05) is 42.3 Å². The van der Waals surface area contributed by atoms with Crippen molar-refractivity contribution < 1.29 is 9.90 Å². The van der Waals surface area contributed by atoms with Gasteiger partial charge in [0.15, 0.2) is 5.69 Å². The summed E-state index contributed by atoms with van der Waals surface area (Å²) in [5.74, 6) is -1.19. The summed E-state index contributed by atoms with van der Waals surface area (Å²) < 4.78 is 1.43. The second-order valence-electron chi connectivity index (χ2n) is 4.75. The fourth-order valence-corrected chi connectivity index (χ4v) is 2.39. The molecule has 106 valence electrons. The molecular weight excluding hydrogens is 301 g/mol. The normalized spacial score (nSPS) is 11.1. The van der Waals surface area contributed by atoms with Crippen molar-refractivity contribution in [2.45, 2.75) is 26.7 Å². The summed E-state index contributed by atoms with van der Waals surface area (Å²) in [7, 11) is 0. The van der Waals surface area contributed by atoms with Crippen LogP contribution >= 0.6 is 23.2 Å². The van der Waals surface area contributed by atoms with Crippen molar-refractivity contribution >= 4 is 29.2 Å². The monoisotopic (exact) mass is 313 g/mol. The maximum atomic E-state index is 11.2. The lowest BCUT2D eigenvalue weighted by Gasteiger charge is -2.12. The average Bonchev–Trinajstić information content (AvgIpc) is 2.78. The molecule has 2 aromatic rings. The maximum Gasteiger partial charge on any atom is 0.358 e. The third-order valence-electron chi connectivity index (χ3n) is 2.91. The van der Waals surface area contributed by atoms with Crippen molar-refractivity contribution in [3.63, 3.8) is 0 Å². The van der Waals surface area contributed by atoms with Crippen LogP contribution in [0.15, 0.2) is 12.1 Å². The first kappa shape index (κ1) is 14.8. The molecule has 0 unspecified atom stereocenters. The van der Waals surface area contributed by atoms with Gasteiger partial charge < -0.3 is 5.11 Å². The zero-order valence-corrected chi connectivity index (χ0v) is 12.7. The topological polar surface area (TPSA) is 68.0 Å². The summed E-state index contributed by atoms with van der Waals surface area (Å²) in [5, 5.41) is 17.8. The van der Waals surface area contributed by atoms with E-state index in [1.807, 2.05) is 20.8 Å². The molecular formula is C13H13Cl2N3O2. The van der Waals surface area contributed by atoms with Gasteiger partial charge in [0.05, 0.1) is 16.4 Å². The molecule has 1 aromatic heterocycles. The predicted octanol–water partition coefficient (Wildman–Crippen LogP) is 3.70. The number of aromatic nitrogens is 3. The van der Waals surface area contributed by atoms with E-state index in [2.05, 4.69) is 10.3 Å². The number of benzene rings is 1. The Morgan fingerprint density at radius 3 is 2.50 bits per heavy atom. The lowest BCUT2D eigenvalue weighted by atomic mass is 10.1. The van der Waals surface area contributed by atoms with E-state index in [9.17, 15) is 4.79 Å². The Bertz CT molecular complexity index is 680. The fourth-order valence-electron chi connectivity index (χ4n) is 1.94. The number of aromatic carboxylic acids is 1. The zero-order chi connectivity index (χ0) is 15.0. The molecule has 1 aromatic carbocycles. The van der Waals surface area contributed by atoms with Gasteiger partial charge in [-0.25, -0.2) is 9.48 Å². The number of hydrogen-bond acceptors (Lipinski definition) is 3. The van der Waals surface area contributed by atoms with Crippen molar-refractivity contribution in [3.05, 3.63) is 39.1 Å². The minimum atomic E-state index is -1.12. The molecule has 5 nitrogen and oxygen atoms in total. The molecule has 20 heavy (non-hydrogen) atoms. The fraction of sp³-hybridized carbons (Fsp3) is 0.308. The molecule has 0 amide bonds. The number of carbonyl (C=O) groups is 1. The van der Waals surface area contributed by atoms with Gasteiger partial charge >= 0.3 is 5.97 Å². The Balaban J connectivity index is 2.70. The van der Waals surface area contributed by atoms with E-state index in [0.29, 0.717) is 21.4 Å². The third kappa shape index (κ3) is 2.51. The Hall–Kier alpha value is -1.59. The van der Waals surface area contributed by atoms with Gasteiger partial charge in [-0.05, 0) is 30.5 Å². The van der Waals surface area contributed by atoms with E-state index in [1.54, 1.807) is 12.1 Å². The molecule has 0 saturated carbocycles. The maximum absolute atomic E-state index is 11.2. The summed E-state index contributed by atoms with van der Waals surface area (Å²) in [5.41, 5.74) is 1.77. The van der Waals surface area contributed by atoms with Gasteiger partial charge in [0, 0.05) is 5.02 Å². The van der Waals surface area contributed by atoms with E-state index in [-0.39, 0.29) is 11.6 Å². The van der Waals surface area contributed by atoms with Gasteiger partial charge in [-0.2, -0.15) is 0 Å². The lowest BCUT2D eigenvalue weighted by Crippen LogP contribution is -2.09. The first-order chi connectivity index (χ1) is 9.32. The van der Waals surface area contributed by atoms with Gasteiger partial charge in [0.25, 0.3) is 0 Å². The molecule has 0 radical (unpaired) electrons. The van der Waals surface area contributed by atoms with Gasteiger partial charge in [0.2, 0.25) is 0 Å². The molecule has 7 heteroatoms. The number of nitrogens with zero attached hydrogens (tertiary/aromatic N) is 3. The van der Waals surface area contributed by atoms with Crippen LogP contribution in [0.4, 0.5) is 0 Å². The van der Waals surface area contributed by atoms with E-state index in [4.69, 9.17) is 28.3 Å². The minimum absolute atomic E-state index is 0.0761. The second kappa shape index (κ2) is 5.42. The molecule has 0 bridgehead atoms. The van der Waals surface area contributed by atoms with Crippen LogP contribution in [0.2, 0.25) is 10.0 Å². The second-order valence-corrected chi connectivity index (χ2v) is 5.56. The molecule has 0 aliphatic heterocycles. The van der Waals surface area contributed by atoms with Crippen molar-refractivity contribution in [2.75, 3.05) is 0 Å². The summed E-state index contributed by atoms with van der Waals surface area (Å²) in [6.45, 7) is 5.57. The molecule has 2 rings (SSSR count). The summed E-state index contributed by atoms with van der Waals surface area (Å²) in [6, 6.07) is 3.37. The highest BCUT2D eigenvalue weighted by molar-refractivity contribution is 6.35. The summed E-state index contributed by atoms with van der Waals surface area (Å²) in [4.78, 5) is 11.2. The zero-order valence-electron chi connectivity index (χ0n) is 11.2. The summed E-state index contributed by atoms with van der Waals surface area (Å²) >= 11 is 12.3. The van der Waals surface area contributed by atoms with Gasteiger partial charge in [0.1, 0.15) is 0 Å². The standard InChI is InChI=1S/C13H13Cl2N3O2/c1-6(2)12-11(13(19)20)16-17-18(12)10-5-8(14)7(3)4-9(10)15/h4-6H,1-3H3,(H,19,20). The number of halogens is 2. The highest BCUT2D eigenvalue weighted by Crippen LogP contribution is 2.30. The Kier molecular flexibility index (Phi) is 4.01. The number of rotatable bonds is 3. The molecule has 0 spiro atoms. The predicted molar refractivity (Wildman–Crippen MR) is 77.2 cm³/mol. The number of aryl methyl sites for hydroxylation is 1. The molecule has 1 N–H and O–H groups in total. The van der Waals surface area contributed by atoms with Crippen LogP contribution in [0.25, 0.3) is 5.69 Å². The third-order valence-corrected chi connectivity index (χ3v) is 3.62. The Morgan fingerprint density at radius 2 is 1.95 bits per heavy atom. The van der Waals surface area contributed by atoms with Gasteiger partial charge in [-0.3, -0.25) is 0 Å². The molecule has 0 aliphatic rings. The first-order valence-electron chi connectivity index (χ1n) is 5.97. The Labute approximate surface area is 126 Å². The number of hydrogen-bond donors (Lipinski definition) is 1. The molecule has 0 aliphatic carbocycles. The molecule has 1 heterocycles. The lowest BCUT2D eigenvalue weighted by molar-refractivity contribution is 0.0688. The summed E-state index contributed by atoms with van der Waals surface area (Å²) in [6.07, 6.45) is 0. The van der Waals surface area contributed by atoms with Crippen LogP contribution in [0.5, 0.6) is 0 Å². The number of carboxylic acids is 1. The minimum Gasteiger partial charge on any atom is -0.476 e. The van der Waals surface area contributed by atoms with Crippen LogP contribution in [-0.2, 0) is 0 Å². The molecule has 0 saturated heterocycles. The van der Waals surface area contributed by atoms with Crippen LogP contribution in [0, 0.1) is 6.92 Å². The van der Waals surface area contributed by atoms with Gasteiger partial charge in [-0.15, -0.1) is 5.10 Å². The largest absolute Gasteiger partial charge is 0.476 e. The van der Waals surface area contributed by atoms with Crippen LogP contribution in [0.1, 0.15) is 41.5 Å². The van der Waals surface area contributed by atoms with E-state index in [1.165, 1.54) is 4.68 Å². The van der Waals surface area contributed by atoms with Crippen LogP contribution in [0.3, 0.4) is 0 Å². The quantitative estimate of drug-likeness (QED) is 0.938. The van der Waals surface area contributed by atoms with Crippen molar-refractivity contribution in [1.29, 1.82) is 0 Å². The molecule has 0 atom stereocenters. The van der Waals surface area contributed by atoms with Crippen molar-refractivity contribution in [2.24, 2.45) is 0 Å². The highest BCUT2D eigenvalue weighted by Gasteiger charge is 2.23. The SMILES string of the molecule is Cc1cc(Cl)c(-n2nnc(C(=O)O)c2C(C)C)cc1Cl. The number of carboxylic acid groups (broad SMARTS) is 1. The average molecular weight is 314 g/mol. The van der Waals surface area contributed by atoms with Crippen LogP contribution in [-0.4, -0.2) is 26.1 Å². The smallest absolute Gasteiger partial charge is 0.358 e.